The molecule has 1 unspecified atom stereocenters. The fourth-order valence-electron chi connectivity index (χ4n) is 2.01. The second-order valence-corrected chi connectivity index (χ2v) is 4.72. The molecule has 1 aromatic rings. The summed E-state index contributed by atoms with van der Waals surface area (Å²) in [5, 5.41) is 0. The number of benzene rings is 1. The highest BCUT2D eigenvalue weighted by Crippen LogP contribution is 2.13. The maximum atomic E-state index is 13.3. The molecule has 1 atom stereocenters. The maximum Gasteiger partial charge on any atom is 0.123 e. The standard InChI is InChI=1S/C14H23FN2/c1-4-5-11(2)17(3)10-13-6-12(9-16)7-14(15)8-13/h6-8,11H,4-5,9-10,16H2,1-3H3. The van der Waals surface area contributed by atoms with Crippen molar-refractivity contribution in [1.82, 2.24) is 4.90 Å². The van der Waals surface area contributed by atoms with Crippen molar-refractivity contribution in [2.45, 2.75) is 45.8 Å². The van der Waals surface area contributed by atoms with Gasteiger partial charge in [-0.05, 0) is 43.7 Å². The summed E-state index contributed by atoms with van der Waals surface area (Å²) in [6.07, 6.45) is 2.33. The van der Waals surface area contributed by atoms with Gasteiger partial charge in [0.15, 0.2) is 0 Å². The number of hydrogen-bond acceptors (Lipinski definition) is 2. The third-order valence-corrected chi connectivity index (χ3v) is 3.14. The Kier molecular flexibility index (Phi) is 5.59. The Morgan fingerprint density at radius 3 is 2.53 bits per heavy atom. The summed E-state index contributed by atoms with van der Waals surface area (Å²) in [6, 6.07) is 5.59. The fraction of sp³-hybridized carbons (Fsp3) is 0.571. The maximum absolute atomic E-state index is 13.3. The van der Waals surface area contributed by atoms with Gasteiger partial charge in [-0.25, -0.2) is 4.39 Å². The van der Waals surface area contributed by atoms with Gasteiger partial charge in [-0.15, -0.1) is 0 Å². The summed E-state index contributed by atoms with van der Waals surface area (Å²) in [4.78, 5) is 2.25. The fourth-order valence-corrected chi connectivity index (χ4v) is 2.01. The average molecular weight is 238 g/mol. The summed E-state index contributed by atoms with van der Waals surface area (Å²) in [5.41, 5.74) is 7.40. The van der Waals surface area contributed by atoms with Gasteiger partial charge in [0.25, 0.3) is 0 Å². The van der Waals surface area contributed by atoms with E-state index in [1.165, 1.54) is 12.5 Å². The average Bonchev–Trinajstić information content (AvgIpc) is 2.28. The van der Waals surface area contributed by atoms with Crippen LogP contribution in [0.5, 0.6) is 0 Å². The molecule has 0 bridgehead atoms. The highest BCUT2D eigenvalue weighted by Gasteiger charge is 2.09. The molecule has 0 saturated carbocycles. The third kappa shape index (κ3) is 4.44. The summed E-state index contributed by atoms with van der Waals surface area (Å²) < 4.78 is 13.3. The lowest BCUT2D eigenvalue weighted by Gasteiger charge is -2.24. The topological polar surface area (TPSA) is 29.3 Å². The van der Waals surface area contributed by atoms with Crippen LogP contribution in [0.4, 0.5) is 4.39 Å². The van der Waals surface area contributed by atoms with Crippen LogP contribution < -0.4 is 5.73 Å². The number of nitrogens with two attached hydrogens (primary N) is 1. The predicted molar refractivity (Wildman–Crippen MR) is 70.1 cm³/mol. The van der Waals surface area contributed by atoms with Crippen LogP contribution in [-0.4, -0.2) is 18.0 Å². The predicted octanol–water partition coefficient (Wildman–Crippen LogP) is 2.90. The Bertz CT molecular complexity index is 352. The molecule has 0 radical (unpaired) electrons. The minimum atomic E-state index is -0.195. The zero-order chi connectivity index (χ0) is 12.8. The van der Waals surface area contributed by atoms with E-state index >= 15 is 0 Å². The van der Waals surface area contributed by atoms with E-state index in [0.717, 1.165) is 24.1 Å². The van der Waals surface area contributed by atoms with Gasteiger partial charge in [0.2, 0.25) is 0 Å². The molecule has 3 heteroatoms. The van der Waals surface area contributed by atoms with Gasteiger partial charge < -0.3 is 5.73 Å². The third-order valence-electron chi connectivity index (χ3n) is 3.14. The van der Waals surface area contributed by atoms with E-state index in [2.05, 4.69) is 25.8 Å². The lowest BCUT2D eigenvalue weighted by molar-refractivity contribution is 0.236. The second-order valence-electron chi connectivity index (χ2n) is 4.72. The normalized spacial score (nSPS) is 13.1. The van der Waals surface area contributed by atoms with Gasteiger partial charge in [0, 0.05) is 19.1 Å². The second kappa shape index (κ2) is 6.72. The molecule has 0 fully saturated rings. The summed E-state index contributed by atoms with van der Waals surface area (Å²) in [5.74, 6) is -0.195. The molecule has 0 aromatic heterocycles. The molecule has 0 saturated heterocycles. The van der Waals surface area contributed by atoms with Crippen LogP contribution >= 0.6 is 0 Å². The van der Waals surface area contributed by atoms with E-state index in [-0.39, 0.29) is 5.82 Å². The quantitative estimate of drug-likeness (QED) is 0.825. The van der Waals surface area contributed by atoms with Crippen molar-refractivity contribution in [1.29, 1.82) is 0 Å². The van der Waals surface area contributed by atoms with Gasteiger partial charge in [0.1, 0.15) is 5.82 Å². The molecule has 96 valence electrons. The van der Waals surface area contributed by atoms with Crippen LogP contribution in [-0.2, 0) is 13.1 Å². The van der Waals surface area contributed by atoms with Crippen molar-refractivity contribution in [2.24, 2.45) is 5.73 Å². The molecule has 1 aromatic carbocycles. The summed E-state index contributed by atoms with van der Waals surface area (Å²) in [7, 11) is 2.08. The van der Waals surface area contributed by atoms with Gasteiger partial charge in [-0.2, -0.15) is 0 Å². The van der Waals surface area contributed by atoms with Crippen molar-refractivity contribution in [3.05, 3.63) is 35.1 Å². The van der Waals surface area contributed by atoms with E-state index in [9.17, 15) is 4.39 Å². The minimum absolute atomic E-state index is 0.195. The Morgan fingerprint density at radius 2 is 1.94 bits per heavy atom. The van der Waals surface area contributed by atoms with Gasteiger partial charge in [-0.3, -0.25) is 4.90 Å². The van der Waals surface area contributed by atoms with Gasteiger partial charge >= 0.3 is 0 Å². The smallest absolute Gasteiger partial charge is 0.123 e. The molecule has 0 heterocycles. The van der Waals surface area contributed by atoms with E-state index in [0.29, 0.717) is 12.6 Å². The highest BCUT2D eigenvalue weighted by atomic mass is 19.1. The van der Waals surface area contributed by atoms with Crippen molar-refractivity contribution >= 4 is 0 Å². The molecule has 1 rings (SSSR count). The lowest BCUT2D eigenvalue weighted by atomic mass is 10.1. The monoisotopic (exact) mass is 238 g/mol. The molecule has 0 amide bonds. The van der Waals surface area contributed by atoms with Gasteiger partial charge in [0.05, 0.1) is 0 Å². The first-order chi connectivity index (χ1) is 8.06. The number of halogens is 1. The van der Waals surface area contributed by atoms with E-state index in [1.807, 2.05) is 6.07 Å². The van der Waals surface area contributed by atoms with E-state index in [1.54, 1.807) is 6.07 Å². The molecular weight excluding hydrogens is 215 g/mol. The van der Waals surface area contributed by atoms with Crippen LogP contribution in [0.1, 0.15) is 37.8 Å². The SMILES string of the molecule is CCCC(C)N(C)Cc1cc(F)cc(CN)c1. The van der Waals surface area contributed by atoms with Crippen molar-refractivity contribution in [3.8, 4) is 0 Å². The Morgan fingerprint density at radius 1 is 1.29 bits per heavy atom. The summed E-state index contributed by atoms with van der Waals surface area (Å²) >= 11 is 0. The van der Waals surface area contributed by atoms with Crippen LogP contribution in [0, 0.1) is 5.82 Å². The molecule has 0 aliphatic heterocycles. The van der Waals surface area contributed by atoms with E-state index < -0.39 is 0 Å². The Hall–Kier alpha value is -0.930. The van der Waals surface area contributed by atoms with Crippen LogP contribution in [0.3, 0.4) is 0 Å². The van der Waals surface area contributed by atoms with Crippen LogP contribution in [0.2, 0.25) is 0 Å². The molecular formula is C14H23FN2. The first kappa shape index (κ1) is 14.1. The number of nitrogens with zero attached hydrogens (tertiary/aromatic N) is 1. The highest BCUT2D eigenvalue weighted by molar-refractivity contribution is 5.24. The van der Waals surface area contributed by atoms with Gasteiger partial charge in [-0.1, -0.05) is 19.4 Å². The van der Waals surface area contributed by atoms with Crippen molar-refractivity contribution in [3.63, 3.8) is 0 Å². The van der Waals surface area contributed by atoms with Crippen molar-refractivity contribution < 1.29 is 4.39 Å². The zero-order valence-corrected chi connectivity index (χ0v) is 11.0. The molecule has 0 spiro atoms. The minimum Gasteiger partial charge on any atom is -0.326 e. The largest absolute Gasteiger partial charge is 0.326 e. The molecule has 17 heavy (non-hydrogen) atoms. The number of rotatable bonds is 6. The van der Waals surface area contributed by atoms with Crippen LogP contribution in [0.15, 0.2) is 18.2 Å². The van der Waals surface area contributed by atoms with E-state index in [4.69, 9.17) is 5.73 Å². The lowest BCUT2D eigenvalue weighted by Crippen LogP contribution is -2.28. The molecule has 2 nitrogen and oxygen atoms in total. The van der Waals surface area contributed by atoms with Crippen molar-refractivity contribution in [2.75, 3.05) is 7.05 Å². The van der Waals surface area contributed by atoms with Crippen LogP contribution in [0.25, 0.3) is 0 Å². The molecule has 0 aliphatic carbocycles. The summed E-state index contributed by atoms with van der Waals surface area (Å²) in [6.45, 7) is 5.54. The molecule has 2 N–H and O–H groups in total. The Labute approximate surface area is 104 Å². The zero-order valence-electron chi connectivity index (χ0n) is 11.0. The Balaban J connectivity index is 2.70. The molecule has 0 aliphatic rings. The first-order valence-corrected chi connectivity index (χ1v) is 6.25. The number of hydrogen-bond donors (Lipinski definition) is 1. The first-order valence-electron chi connectivity index (χ1n) is 6.25.